The summed E-state index contributed by atoms with van der Waals surface area (Å²) < 4.78 is 13.4. The molecule has 2 heteroatoms. The Morgan fingerprint density at radius 1 is 0.273 bits per heavy atom. The monoisotopic (exact) mass is 562 g/mol. The minimum atomic E-state index is 0.838. The van der Waals surface area contributed by atoms with Gasteiger partial charge in [0.1, 0.15) is 22.3 Å². The van der Waals surface area contributed by atoms with Crippen molar-refractivity contribution in [1.82, 2.24) is 0 Å². The maximum absolute atomic E-state index is 6.71. The Morgan fingerprint density at radius 3 is 1.16 bits per heavy atom. The van der Waals surface area contributed by atoms with Crippen molar-refractivity contribution in [2.24, 2.45) is 0 Å². The van der Waals surface area contributed by atoms with Gasteiger partial charge in [-0.3, -0.25) is 0 Å². The highest BCUT2D eigenvalue weighted by Gasteiger charge is 2.22. The van der Waals surface area contributed by atoms with Crippen LogP contribution in [-0.2, 0) is 0 Å². The summed E-state index contributed by atoms with van der Waals surface area (Å²) in [4.78, 5) is 0. The van der Waals surface area contributed by atoms with Gasteiger partial charge in [0.05, 0.1) is 5.56 Å². The van der Waals surface area contributed by atoms with Gasteiger partial charge < -0.3 is 8.83 Å². The smallest absolute Gasteiger partial charge is 0.147 e. The fourth-order valence-corrected chi connectivity index (χ4v) is 6.51. The van der Waals surface area contributed by atoms with Crippen molar-refractivity contribution >= 4 is 43.9 Å². The lowest BCUT2D eigenvalue weighted by atomic mass is 9.94. The Balaban J connectivity index is 1.37. The van der Waals surface area contributed by atoms with Gasteiger partial charge in [0.15, 0.2) is 0 Å². The van der Waals surface area contributed by atoms with Crippen molar-refractivity contribution in [1.29, 1.82) is 0 Å². The molecule has 0 fully saturated rings. The molecule has 0 amide bonds. The van der Waals surface area contributed by atoms with Crippen molar-refractivity contribution in [2.75, 3.05) is 0 Å². The van der Waals surface area contributed by atoms with Crippen LogP contribution in [0, 0.1) is 0 Å². The fraction of sp³-hybridized carbons (Fsp3) is 0. The molecule has 0 N–H and O–H groups in total. The molecule has 0 saturated heterocycles. The molecular formula is C42H26O2. The molecule has 0 radical (unpaired) electrons. The first-order valence-electron chi connectivity index (χ1n) is 14.9. The van der Waals surface area contributed by atoms with E-state index in [-0.39, 0.29) is 0 Å². The van der Waals surface area contributed by atoms with E-state index in [4.69, 9.17) is 8.83 Å². The van der Waals surface area contributed by atoms with Crippen LogP contribution in [0.25, 0.3) is 88.4 Å². The molecule has 2 nitrogen and oxygen atoms in total. The van der Waals surface area contributed by atoms with Crippen LogP contribution in [-0.4, -0.2) is 0 Å². The van der Waals surface area contributed by atoms with Gasteiger partial charge in [0, 0.05) is 21.5 Å². The summed E-state index contributed by atoms with van der Waals surface area (Å²) in [5, 5.41) is 4.35. The van der Waals surface area contributed by atoms with Gasteiger partial charge in [0.25, 0.3) is 0 Å². The highest BCUT2D eigenvalue weighted by atomic mass is 16.3. The molecule has 0 aliphatic rings. The van der Waals surface area contributed by atoms with E-state index < -0.39 is 0 Å². The van der Waals surface area contributed by atoms with E-state index in [9.17, 15) is 0 Å². The maximum Gasteiger partial charge on any atom is 0.147 e. The molecule has 206 valence electrons. The summed E-state index contributed by atoms with van der Waals surface area (Å²) in [6.07, 6.45) is 0. The van der Waals surface area contributed by atoms with Crippen LogP contribution in [0.3, 0.4) is 0 Å². The third-order valence-electron chi connectivity index (χ3n) is 8.67. The van der Waals surface area contributed by atoms with Crippen LogP contribution in [0.15, 0.2) is 167 Å². The van der Waals surface area contributed by atoms with Crippen LogP contribution in [0.1, 0.15) is 0 Å². The lowest BCUT2D eigenvalue weighted by Crippen LogP contribution is -1.84. The first kappa shape index (κ1) is 24.7. The van der Waals surface area contributed by atoms with Gasteiger partial charge in [0.2, 0.25) is 0 Å². The summed E-state index contributed by atoms with van der Waals surface area (Å²) in [6.45, 7) is 0. The molecule has 0 atom stereocenters. The second kappa shape index (κ2) is 9.86. The van der Waals surface area contributed by atoms with Crippen molar-refractivity contribution in [3.8, 4) is 44.5 Å². The fourth-order valence-electron chi connectivity index (χ4n) is 6.51. The largest absolute Gasteiger partial charge is 0.455 e. The topological polar surface area (TPSA) is 26.3 Å². The number of rotatable bonds is 4. The molecule has 0 saturated carbocycles. The predicted molar refractivity (Wildman–Crippen MR) is 183 cm³/mol. The van der Waals surface area contributed by atoms with Crippen molar-refractivity contribution < 1.29 is 8.83 Å². The summed E-state index contributed by atoms with van der Waals surface area (Å²) in [7, 11) is 0. The number of benzene rings is 7. The van der Waals surface area contributed by atoms with Gasteiger partial charge in [-0.25, -0.2) is 0 Å². The highest BCUT2D eigenvalue weighted by Crippen LogP contribution is 2.46. The lowest BCUT2D eigenvalue weighted by Gasteiger charge is -2.08. The molecule has 2 aromatic heterocycles. The number of furan rings is 2. The van der Waals surface area contributed by atoms with Gasteiger partial charge in [-0.05, 0) is 75.3 Å². The molecule has 9 rings (SSSR count). The standard InChI is InChI=1S/C42H26O2/c1-4-11-27(12-5-1)30-17-10-18-33(23-30)40-41-36(34-24-31(19-21-38(34)43-41)28-13-6-2-7-14-28)26-37-35-25-32(29-15-8-3-9-16-29)20-22-39(35)44-42(37)40/h1-26H. The Kier molecular flexibility index (Phi) is 5.54. The molecule has 9 aromatic rings. The number of fused-ring (bicyclic) bond motifs is 6. The minimum Gasteiger partial charge on any atom is -0.455 e. The normalized spacial score (nSPS) is 11.6. The first-order chi connectivity index (χ1) is 21.8. The second-order valence-electron chi connectivity index (χ2n) is 11.3. The lowest BCUT2D eigenvalue weighted by molar-refractivity contribution is 0.658. The molecule has 0 bridgehead atoms. The zero-order valence-corrected chi connectivity index (χ0v) is 23.8. The SMILES string of the molecule is c1ccc(-c2cccc(-c3c4oc5ccc(-c6ccccc6)cc5c4cc4c3oc3ccc(-c5ccccc5)cc34)c2)cc1. The Labute approximate surface area is 254 Å². The highest BCUT2D eigenvalue weighted by molar-refractivity contribution is 6.22. The average Bonchev–Trinajstić information content (AvgIpc) is 3.65. The van der Waals surface area contributed by atoms with Gasteiger partial charge in [-0.2, -0.15) is 0 Å². The molecule has 0 unspecified atom stereocenters. The molecule has 2 heterocycles. The summed E-state index contributed by atoms with van der Waals surface area (Å²) >= 11 is 0. The minimum absolute atomic E-state index is 0.838. The van der Waals surface area contributed by atoms with Crippen molar-refractivity contribution in [3.63, 3.8) is 0 Å². The molecule has 7 aromatic carbocycles. The van der Waals surface area contributed by atoms with E-state index >= 15 is 0 Å². The van der Waals surface area contributed by atoms with E-state index in [2.05, 4.69) is 152 Å². The molecular weight excluding hydrogens is 536 g/mol. The molecule has 0 aliphatic carbocycles. The van der Waals surface area contributed by atoms with Crippen LogP contribution in [0.4, 0.5) is 0 Å². The number of hydrogen-bond acceptors (Lipinski definition) is 2. The van der Waals surface area contributed by atoms with Crippen molar-refractivity contribution in [3.05, 3.63) is 158 Å². The van der Waals surface area contributed by atoms with Crippen molar-refractivity contribution in [2.45, 2.75) is 0 Å². The molecule has 0 spiro atoms. The quantitative estimate of drug-likeness (QED) is 0.213. The predicted octanol–water partition coefficient (Wildman–Crippen LogP) is 12.2. The Bertz CT molecular complexity index is 2330. The first-order valence-corrected chi connectivity index (χ1v) is 14.9. The third-order valence-corrected chi connectivity index (χ3v) is 8.67. The van der Waals surface area contributed by atoms with E-state index in [0.29, 0.717) is 0 Å². The second-order valence-corrected chi connectivity index (χ2v) is 11.3. The van der Waals surface area contributed by atoms with Gasteiger partial charge >= 0.3 is 0 Å². The van der Waals surface area contributed by atoms with Crippen LogP contribution >= 0.6 is 0 Å². The van der Waals surface area contributed by atoms with E-state index in [1.807, 2.05) is 6.07 Å². The Morgan fingerprint density at radius 2 is 0.682 bits per heavy atom. The van der Waals surface area contributed by atoms with Crippen LogP contribution < -0.4 is 0 Å². The zero-order valence-electron chi connectivity index (χ0n) is 23.8. The number of hydrogen-bond donors (Lipinski definition) is 0. The maximum atomic E-state index is 6.71. The summed E-state index contributed by atoms with van der Waals surface area (Å²) in [5.74, 6) is 0. The summed E-state index contributed by atoms with van der Waals surface area (Å²) in [6, 6.07) is 55.4. The average molecular weight is 563 g/mol. The van der Waals surface area contributed by atoms with E-state index in [0.717, 1.165) is 71.7 Å². The molecule has 0 aliphatic heterocycles. The van der Waals surface area contributed by atoms with Crippen LogP contribution in [0.5, 0.6) is 0 Å². The third kappa shape index (κ3) is 3.96. The van der Waals surface area contributed by atoms with Crippen LogP contribution in [0.2, 0.25) is 0 Å². The zero-order chi connectivity index (χ0) is 29.0. The van der Waals surface area contributed by atoms with Gasteiger partial charge in [-0.15, -0.1) is 0 Å². The Hall–Kier alpha value is -5.86. The van der Waals surface area contributed by atoms with E-state index in [1.54, 1.807) is 0 Å². The summed E-state index contributed by atoms with van der Waals surface area (Å²) in [5.41, 5.74) is 12.5. The van der Waals surface area contributed by atoms with E-state index in [1.165, 1.54) is 16.7 Å². The van der Waals surface area contributed by atoms with Gasteiger partial charge in [-0.1, -0.05) is 121 Å². The molecule has 44 heavy (non-hydrogen) atoms.